The fourth-order valence-electron chi connectivity index (χ4n) is 2.56. The number of rotatable bonds is 4. The lowest BCUT2D eigenvalue weighted by atomic mass is 10.1. The van der Waals surface area contributed by atoms with Gasteiger partial charge in [0.1, 0.15) is 16.9 Å². The van der Waals surface area contributed by atoms with Crippen LogP contribution in [0.1, 0.15) is 15.9 Å². The third-order valence-corrected chi connectivity index (χ3v) is 4.08. The smallest absolute Gasteiger partial charge is 0.327 e. The molecular weight excluding hydrogens is 375 g/mol. The molecule has 0 aliphatic carbocycles. The van der Waals surface area contributed by atoms with Crippen molar-refractivity contribution in [3.05, 3.63) is 69.0 Å². The van der Waals surface area contributed by atoms with E-state index in [-0.39, 0.29) is 17.6 Å². The van der Waals surface area contributed by atoms with E-state index in [4.69, 9.17) is 11.6 Å². The maximum atomic E-state index is 12.9. The van der Waals surface area contributed by atoms with E-state index in [9.17, 15) is 28.1 Å². The summed E-state index contributed by atoms with van der Waals surface area (Å²) < 4.78 is 40.1. The Kier molecular flexibility index (Phi) is 4.41. The van der Waals surface area contributed by atoms with Crippen LogP contribution in [0.4, 0.5) is 18.9 Å². The summed E-state index contributed by atoms with van der Waals surface area (Å²) >= 11 is 5.94. The van der Waals surface area contributed by atoms with E-state index >= 15 is 0 Å². The monoisotopic (exact) mass is 383 g/mol. The molecule has 0 saturated heterocycles. The lowest BCUT2D eigenvalue weighted by molar-refractivity contribution is -0.384. The Balaban J connectivity index is 2.26. The first-order valence-corrected chi connectivity index (χ1v) is 7.55. The molecular formula is C16H9ClF3N3O3. The van der Waals surface area contributed by atoms with Crippen molar-refractivity contribution in [3.63, 3.8) is 0 Å². The minimum atomic E-state index is -5.15. The van der Waals surface area contributed by atoms with Gasteiger partial charge in [-0.2, -0.15) is 13.2 Å². The molecule has 2 heterocycles. The lowest BCUT2D eigenvalue weighted by Gasteiger charge is -2.05. The number of carbonyl (C=O) groups excluding carboxylic acids is 1. The van der Waals surface area contributed by atoms with Gasteiger partial charge in [0, 0.05) is 12.7 Å². The summed E-state index contributed by atoms with van der Waals surface area (Å²) in [6, 6.07) is 8.74. The van der Waals surface area contributed by atoms with Gasteiger partial charge < -0.3 is 4.57 Å². The molecule has 0 N–H and O–H groups in total. The van der Waals surface area contributed by atoms with Gasteiger partial charge in [-0.25, -0.2) is 4.98 Å². The average Bonchev–Trinajstić information content (AvgIpc) is 2.93. The van der Waals surface area contributed by atoms with Crippen molar-refractivity contribution in [1.29, 1.82) is 0 Å². The maximum Gasteiger partial charge on any atom is 0.454 e. The van der Waals surface area contributed by atoms with Crippen molar-refractivity contribution < 1.29 is 22.9 Å². The minimum absolute atomic E-state index is 0.0444. The van der Waals surface area contributed by atoms with Gasteiger partial charge in [0.05, 0.1) is 15.9 Å². The van der Waals surface area contributed by atoms with E-state index in [2.05, 4.69) is 4.98 Å². The van der Waals surface area contributed by atoms with Crippen LogP contribution in [0.5, 0.6) is 0 Å². The van der Waals surface area contributed by atoms with E-state index in [0.29, 0.717) is 0 Å². The van der Waals surface area contributed by atoms with Gasteiger partial charge in [0.15, 0.2) is 0 Å². The van der Waals surface area contributed by atoms with Crippen LogP contribution in [-0.2, 0) is 6.54 Å². The number of fused-ring (bicyclic) bond motifs is 1. The molecule has 134 valence electrons. The molecule has 6 nitrogen and oxygen atoms in total. The van der Waals surface area contributed by atoms with E-state index < -0.39 is 33.2 Å². The Morgan fingerprint density at radius 1 is 1.27 bits per heavy atom. The molecule has 2 aromatic heterocycles. The Morgan fingerprint density at radius 3 is 2.50 bits per heavy atom. The van der Waals surface area contributed by atoms with Crippen molar-refractivity contribution in [1.82, 2.24) is 9.55 Å². The van der Waals surface area contributed by atoms with E-state index in [1.54, 1.807) is 30.3 Å². The number of Topliss-reactive ketones (excluding diaryl/α,β-unsaturated/α-hetero) is 1. The quantitative estimate of drug-likeness (QED) is 0.380. The molecule has 3 rings (SSSR count). The van der Waals surface area contributed by atoms with Gasteiger partial charge >= 0.3 is 11.9 Å². The summed E-state index contributed by atoms with van der Waals surface area (Å²) in [5.74, 6) is -2.14. The number of hydrogen-bond donors (Lipinski definition) is 0. The number of hydrogen-bond acceptors (Lipinski definition) is 4. The molecule has 10 heteroatoms. The Labute approximate surface area is 149 Å². The zero-order valence-electron chi connectivity index (χ0n) is 12.8. The summed E-state index contributed by atoms with van der Waals surface area (Å²) in [5, 5.41) is 10.1. The first-order valence-electron chi connectivity index (χ1n) is 7.17. The fourth-order valence-corrected chi connectivity index (χ4v) is 2.86. The van der Waals surface area contributed by atoms with Gasteiger partial charge in [0.2, 0.25) is 0 Å². The molecule has 0 unspecified atom stereocenters. The second kappa shape index (κ2) is 6.41. The van der Waals surface area contributed by atoms with Gasteiger partial charge in [0.25, 0.3) is 5.78 Å². The fraction of sp³-hybridized carbons (Fsp3) is 0.125. The average molecular weight is 384 g/mol. The first kappa shape index (κ1) is 17.9. The number of nitrogens with zero attached hydrogens (tertiary/aromatic N) is 3. The Hall–Kier alpha value is -2.94. The molecule has 1 aromatic carbocycles. The number of alkyl halides is 3. The number of carbonyl (C=O) groups is 1. The van der Waals surface area contributed by atoms with E-state index in [0.717, 1.165) is 18.0 Å². The molecule has 0 aliphatic heterocycles. The normalized spacial score (nSPS) is 11.7. The van der Waals surface area contributed by atoms with Crippen LogP contribution in [0.2, 0.25) is 5.02 Å². The summed E-state index contributed by atoms with van der Waals surface area (Å²) in [7, 11) is 0. The van der Waals surface area contributed by atoms with Crippen LogP contribution >= 0.6 is 11.6 Å². The molecule has 0 spiro atoms. The summed E-state index contributed by atoms with van der Waals surface area (Å²) in [6.07, 6.45) is -3.33. The van der Waals surface area contributed by atoms with Crippen LogP contribution < -0.4 is 0 Å². The number of benzene rings is 1. The third-order valence-electron chi connectivity index (χ3n) is 3.70. The van der Waals surface area contributed by atoms with Crippen LogP contribution in [-0.4, -0.2) is 26.4 Å². The predicted molar refractivity (Wildman–Crippen MR) is 87.3 cm³/mol. The number of nitro groups is 1. The van der Waals surface area contributed by atoms with Crippen molar-refractivity contribution in [2.45, 2.75) is 12.7 Å². The molecule has 0 fully saturated rings. The maximum absolute atomic E-state index is 12.9. The Morgan fingerprint density at radius 2 is 1.92 bits per heavy atom. The van der Waals surface area contributed by atoms with Gasteiger partial charge in [-0.1, -0.05) is 41.9 Å². The zero-order valence-corrected chi connectivity index (χ0v) is 13.6. The summed E-state index contributed by atoms with van der Waals surface area (Å²) in [6.45, 7) is 0.115. The van der Waals surface area contributed by atoms with Crippen molar-refractivity contribution in [2.24, 2.45) is 0 Å². The van der Waals surface area contributed by atoms with E-state index in [1.165, 1.54) is 4.57 Å². The van der Waals surface area contributed by atoms with Crippen LogP contribution in [0.25, 0.3) is 11.0 Å². The molecule has 0 aliphatic rings. The minimum Gasteiger partial charge on any atom is -0.327 e. The van der Waals surface area contributed by atoms with Gasteiger partial charge in [-0.3, -0.25) is 14.9 Å². The van der Waals surface area contributed by atoms with Crippen LogP contribution in [0.15, 0.2) is 42.7 Å². The molecule has 26 heavy (non-hydrogen) atoms. The van der Waals surface area contributed by atoms with Crippen molar-refractivity contribution in [3.8, 4) is 0 Å². The first-order chi connectivity index (χ1) is 12.2. The number of pyridine rings is 1. The molecule has 0 saturated carbocycles. The molecule has 0 bridgehead atoms. The lowest BCUT2D eigenvalue weighted by Crippen LogP contribution is -2.22. The van der Waals surface area contributed by atoms with E-state index in [1.807, 2.05) is 0 Å². The number of ketones is 1. The van der Waals surface area contributed by atoms with Crippen LogP contribution in [0, 0.1) is 10.1 Å². The predicted octanol–water partition coefficient (Wildman–Crippen LogP) is 4.39. The van der Waals surface area contributed by atoms with Gasteiger partial charge in [-0.15, -0.1) is 0 Å². The zero-order chi connectivity index (χ0) is 19.1. The van der Waals surface area contributed by atoms with Gasteiger partial charge in [-0.05, 0) is 5.56 Å². The Bertz CT molecular complexity index is 1020. The highest BCUT2D eigenvalue weighted by atomic mass is 35.5. The SMILES string of the molecule is O=C(c1cn(Cc2ccccc2)c2ncc([N+](=O)[O-])c(Cl)c12)C(F)(F)F. The topological polar surface area (TPSA) is 78.0 Å². The molecule has 0 radical (unpaired) electrons. The molecule has 0 atom stereocenters. The van der Waals surface area contributed by atoms with Crippen LogP contribution in [0.3, 0.4) is 0 Å². The van der Waals surface area contributed by atoms with Crippen molar-refractivity contribution in [2.75, 3.05) is 0 Å². The summed E-state index contributed by atoms with van der Waals surface area (Å²) in [4.78, 5) is 25.8. The highest BCUT2D eigenvalue weighted by Gasteiger charge is 2.42. The molecule has 3 aromatic rings. The standard InChI is InChI=1S/C16H9ClF3N3O3/c17-13-11(23(25)26)6-21-15-12(13)10(14(24)16(18,19)20)8-22(15)7-9-4-2-1-3-5-9/h1-6,8H,7H2. The summed E-state index contributed by atoms with van der Waals surface area (Å²) in [5.41, 5.74) is -0.749. The second-order valence-corrected chi connectivity index (χ2v) is 5.77. The number of halogens is 4. The van der Waals surface area contributed by atoms with Crippen molar-refractivity contribution >= 4 is 34.1 Å². The molecule has 0 amide bonds. The highest BCUT2D eigenvalue weighted by molar-refractivity contribution is 6.38. The number of aromatic nitrogens is 2. The largest absolute Gasteiger partial charge is 0.454 e. The third kappa shape index (κ3) is 3.13. The highest BCUT2D eigenvalue weighted by Crippen LogP contribution is 2.37. The second-order valence-electron chi connectivity index (χ2n) is 5.40.